The topological polar surface area (TPSA) is 123 Å². The van der Waals surface area contributed by atoms with Crippen molar-refractivity contribution in [1.29, 1.82) is 0 Å². The third kappa shape index (κ3) is 3.59. The molecule has 0 fully saturated rings. The van der Waals surface area contributed by atoms with Gasteiger partial charge in [0.1, 0.15) is 17.5 Å². The number of aromatic amines is 1. The van der Waals surface area contributed by atoms with E-state index in [0.717, 1.165) is 27.9 Å². The molecule has 0 saturated heterocycles. The highest BCUT2D eigenvalue weighted by Gasteiger charge is 2.40. The van der Waals surface area contributed by atoms with Crippen molar-refractivity contribution >= 4 is 16.7 Å². The first kappa shape index (κ1) is 21.0. The van der Waals surface area contributed by atoms with Crippen LogP contribution >= 0.6 is 0 Å². The summed E-state index contributed by atoms with van der Waals surface area (Å²) < 4.78 is 10.9. The Balaban J connectivity index is 1.39. The summed E-state index contributed by atoms with van der Waals surface area (Å²) in [6.45, 7) is 2.46. The first-order valence-electron chi connectivity index (χ1n) is 11.1. The molecule has 6 rings (SSSR count). The van der Waals surface area contributed by atoms with Crippen molar-refractivity contribution < 1.29 is 13.9 Å². The molecule has 0 saturated carbocycles. The molecule has 5 aromatic rings. The molecule has 1 amide bonds. The molecule has 174 valence electrons. The third-order valence-electron chi connectivity index (χ3n) is 6.21. The van der Waals surface area contributed by atoms with Crippen molar-refractivity contribution in [3.8, 4) is 17.3 Å². The highest BCUT2D eigenvalue weighted by molar-refractivity contribution is 5.91. The van der Waals surface area contributed by atoms with E-state index in [1.807, 2.05) is 43.5 Å². The zero-order valence-corrected chi connectivity index (χ0v) is 19.0. The van der Waals surface area contributed by atoms with Gasteiger partial charge >= 0.3 is 11.8 Å². The lowest BCUT2D eigenvalue weighted by molar-refractivity contribution is 0.0629. The fourth-order valence-electron chi connectivity index (χ4n) is 4.49. The van der Waals surface area contributed by atoms with Gasteiger partial charge in [-0.2, -0.15) is 0 Å². The fraction of sp³-hybridized carbons (Fsp3) is 0.200. The lowest BCUT2D eigenvalue weighted by Gasteiger charge is -2.36. The molecular formula is C25H21N7O3. The molecule has 0 radical (unpaired) electrons. The monoisotopic (exact) mass is 467 g/mol. The minimum Gasteiger partial charge on any atom is -0.495 e. The Kier molecular flexibility index (Phi) is 4.98. The number of imidazole rings is 1. The summed E-state index contributed by atoms with van der Waals surface area (Å²) in [5, 5.41) is 10.1. The molecule has 4 aromatic heterocycles. The number of H-pyrrole nitrogens is 1. The summed E-state index contributed by atoms with van der Waals surface area (Å²) in [7, 11) is 1.56. The smallest absolute Gasteiger partial charge is 0.312 e. The second-order valence-electron chi connectivity index (χ2n) is 8.41. The van der Waals surface area contributed by atoms with Crippen molar-refractivity contribution in [2.75, 3.05) is 13.7 Å². The Hall–Kier alpha value is -4.60. The highest BCUT2D eigenvalue weighted by atomic mass is 16.5. The van der Waals surface area contributed by atoms with Crippen molar-refractivity contribution in [1.82, 2.24) is 35.0 Å². The number of pyridine rings is 2. The minimum atomic E-state index is -0.477. The van der Waals surface area contributed by atoms with E-state index in [0.29, 0.717) is 18.0 Å². The summed E-state index contributed by atoms with van der Waals surface area (Å²) in [5.41, 5.74) is 2.93. The molecular weight excluding hydrogens is 446 g/mol. The number of aromatic nitrogens is 6. The van der Waals surface area contributed by atoms with Crippen molar-refractivity contribution in [3.63, 3.8) is 0 Å². The highest BCUT2D eigenvalue weighted by Crippen LogP contribution is 2.38. The van der Waals surface area contributed by atoms with Crippen molar-refractivity contribution in [2.45, 2.75) is 18.9 Å². The van der Waals surface area contributed by atoms with Crippen molar-refractivity contribution in [3.05, 3.63) is 84.2 Å². The predicted molar refractivity (Wildman–Crippen MR) is 126 cm³/mol. The zero-order valence-electron chi connectivity index (χ0n) is 19.0. The van der Waals surface area contributed by atoms with Crippen LogP contribution in [0.15, 0.2) is 65.6 Å². The van der Waals surface area contributed by atoms with Gasteiger partial charge in [-0.25, -0.2) is 9.97 Å². The van der Waals surface area contributed by atoms with E-state index in [4.69, 9.17) is 14.1 Å². The number of amides is 1. The van der Waals surface area contributed by atoms with E-state index in [1.54, 1.807) is 36.7 Å². The molecule has 1 aliphatic heterocycles. The van der Waals surface area contributed by atoms with Crippen LogP contribution in [0, 0.1) is 0 Å². The molecule has 1 N–H and O–H groups in total. The van der Waals surface area contributed by atoms with Crippen LogP contribution in [-0.4, -0.2) is 54.6 Å². The van der Waals surface area contributed by atoms with Gasteiger partial charge in [0.2, 0.25) is 0 Å². The average Bonchev–Trinajstić information content (AvgIpc) is 3.59. The van der Waals surface area contributed by atoms with E-state index in [2.05, 4.69) is 25.1 Å². The number of nitrogens with zero attached hydrogens (tertiary/aromatic N) is 6. The Labute approximate surface area is 200 Å². The minimum absolute atomic E-state index is 0.0163. The number of carbonyl (C=O) groups is 1. The first-order chi connectivity index (χ1) is 17.1. The van der Waals surface area contributed by atoms with Gasteiger partial charge in [0.05, 0.1) is 36.7 Å². The lowest BCUT2D eigenvalue weighted by atomic mass is 9.92. The first-order valence-corrected chi connectivity index (χ1v) is 11.1. The number of hydrogen-bond donors (Lipinski definition) is 1. The Morgan fingerprint density at radius 2 is 1.94 bits per heavy atom. The average molecular weight is 467 g/mol. The quantitative estimate of drug-likeness (QED) is 0.424. The van der Waals surface area contributed by atoms with Crippen LogP contribution in [0.1, 0.15) is 46.7 Å². The normalized spacial score (nSPS) is 17.4. The second-order valence-corrected chi connectivity index (χ2v) is 8.41. The van der Waals surface area contributed by atoms with Crippen LogP contribution in [-0.2, 0) is 0 Å². The molecule has 2 atom stereocenters. The van der Waals surface area contributed by atoms with Gasteiger partial charge < -0.3 is 19.0 Å². The van der Waals surface area contributed by atoms with Gasteiger partial charge in [0.25, 0.3) is 5.89 Å². The number of nitrogens with one attached hydrogen (secondary N) is 1. The molecule has 0 aliphatic carbocycles. The predicted octanol–water partition coefficient (Wildman–Crippen LogP) is 3.76. The molecule has 1 aromatic carbocycles. The lowest BCUT2D eigenvalue weighted by Crippen LogP contribution is -2.42. The molecule has 10 nitrogen and oxygen atoms in total. The third-order valence-corrected chi connectivity index (χ3v) is 6.21. The summed E-state index contributed by atoms with van der Waals surface area (Å²) >= 11 is 0. The van der Waals surface area contributed by atoms with Crippen LogP contribution in [0.2, 0.25) is 0 Å². The Morgan fingerprint density at radius 3 is 2.74 bits per heavy atom. The maximum Gasteiger partial charge on any atom is 0.312 e. The summed E-state index contributed by atoms with van der Waals surface area (Å²) in [6, 6.07) is 12.9. The van der Waals surface area contributed by atoms with E-state index < -0.39 is 6.04 Å². The number of methoxy groups -OCH3 is 1. The SMILES string of the molecule is COc1ccc(-c2nnc(C(=O)N3C[C@H](C)c4nc[nH]c4[C@@H]3c3cc4ccccc4cn3)o2)nc1. The second kappa shape index (κ2) is 8.32. The summed E-state index contributed by atoms with van der Waals surface area (Å²) in [6.07, 6.45) is 5.03. The van der Waals surface area contributed by atoms with Gasteiger partial charge in [-0.3, -0.25) is 9.78 Å². The molecule has 1 aliphatic rings. The van der Waals surface area contributed by atoms with Crippen LogP contribution in [0.25, 0.3) is 22.4 Å². The van der Waals surface area contributed by atoms with Crippen molar-refractivity contribution in [2.24, 2.45) is 0 Å². The van der Waals surface area contributed by atoms with E-state index in [1.165, 1.54) is 0 Å². The van der Waals surface area contributed by atoms with Gasteiger partial charge in [-0.05, 0) is 23.6 Å². The largest absolute Gasteiger partial charge is 0.495 e. The van der Waals surface area contributed by atoms with Gasteiger partial charge in [0, 0.05) is 24.0 Å². The number of benzene rings is 1. The van der Waals surface area contributed by atoms with Crippen LogP contribution in [0.4, 0.5) is 0 Å². The molecule has 35 heavy (non-hydrogen) atoms. The number of rotatable bonds is 4. The molecule has 0 spiro atoms. The fourth-order valence-corrected chi connectivity index (χ4v) is 4.49. The summed E-state index contributed by atoms with van der Waals surface area (Å²) in [4.78, 5) is 32.1. The number of carbonyl (C=O) groups excluding carboxylic acids is 1. The van der Waals surface area contributed by atoms with Gasteiger partial charge in [-0.1, -0.05) is 31.2 Å². The number of hydrogen-bond acceptors (Lipinski definition) is 8. The standard InChI is InChI=1S/C25H21N7O3/c1-14-12-32(25(33)24-31-30-23(35-24)18-8-7-17(34-2)11-27-18)22(21-20(14)28-13-29-21)19-9-15-5-3-4-6-16(15)10-26-19/h3-11,13-14,22H,12H2,1-2H3,(H,28,29)/t14-,22-/m0/s1. The van der Waals surface area contributed by atoms with Crippen LogP contribution in [0.5, 0.6) is 5.75 Å². The van der Waals surface area contributed by atoms with E-state index >= 15 is 0 Å². The summed E-state index contributed by atoms with van der Waals surface area (Å²) in [5.74, 6) is 0.280. The Bertz CT molecular complexity index is 1530. The Morgan fingerprint density at radius 1 is 1.09 bits per heavy atom. The van der Waals surface area contributed by atoms with E-state index in [-0.39, 0.29) is 23.6 Å². The molecule has 0 bridgehead atoms. The van der Waals surface area contributed by atoms with Crippen LogP contribution < -0.4 is 4.74 Å². The van der Waals surface area contributed by atoms with Gasteiger partial charge in [-0.15, -0.1) is 10.2 Å². The number of ether oxygens (including phenoxy) is 1. The number of fused-ring (bicyclic) bond motifs is 2. The zero-order chi connectivity index (χ0) is 23.9. The molecule has 5 heterocycles. The maximum absolute atomic E-state index is 13.7. The maximum atomic E-state index is 13.7. The molecule has 10 heteroatoms. The van der Waals surface area contributed by atoms with E-state index in [9.17, 15) is 4.79 Å². The van der Waals surface area contributed by atoms with Gasteiger partial charge in [0.15, 0.2) is 0 Å². The van der Waals surface area contributed by atoms with Crippen LogP contribution in [0.3, 0.4) is 0 Å². The molecule has 0 unspecified atom stereocenters.